The van der Waals surface area contributed by atoms with Gasteiger partial charge in [-0.2, -0.15) is 0 Å². The van der Waals surface area contributed by atoms with Gasteiger partial charge in [-0.1, -0.05) is 76.2 Å². The van der Waals surface area contributed by atoms with Crippen LogP contribution in [0, 0.1) is 0 Å². The van der Waals surface area contributed by atoms with Crippen molar-refractivity contribution in [2.75, 3.05) is 0 Å². The van der Waals surface area contributed by atoms with Crippen molar-refractivity contribution < 1.29 is 19.5 Å². The average Bonchev–Trinajstić information content (AvgIpc) is 2.69. The molecule has 0 saturated heterocycles. The van der Waals surface area contributed by atoms with E-state index in [2.05, 4.69) is 36.5 Å². The number of nitrogens with one attached hydrogen (secondary N) is 1. The Bertz CT molecular complexity index is 529. The summed E-state index contributed by atoms with van der Waals surface area (Å²) in [5, 5.41) is 11.3. The second-order valence-electron chi connectivity index (χ2n) is 7.82. The number of amides is 2. The quantitative estimate of drug-likeness (QED) is 0.189. The molecule has 0 aromatic heterocycles. The van der Waals surface area contributed by atoms with E-state index in [1.807, 2.05) is 0 Å². The van der Waals surface area contributed by atoms with E-state index >= 15 is 0 Å². The van der Waals surface area contributed by atoms with Crippen molar-refractivity contribution in [1.29, 1.82) is 0 Å². The minimum atomic E-state index is -1.24. The van der Waals surface area contributed by atoms with Crippen molar-refractivity contribution in [3.8, 4) is 0 Å². The standard InChI is InChI=1S/C24H42N2O4/c1-2-3-4-5-6-7-8-9-10-11-12-13-14-15-16-17-18-19-23(28)26-21(24(29)30)20-22(25)27/h6-7,9-10,21H,2-5,8,11-20H2,1H3,(H2,25,27)(H,26,28)(H,29,30)/b7-6-,10-9-/t21-/m0/s1. The van der Waals surface area contributed by atoms with Gasteiger partial charge in [0.15, 0.2) is 0 Å². The molecule has 0 saturated carbocycles. The topological polar surface area (TPSA) is 109 Å². The highest BCUT2D eigenvalue weighted by Gasteiger charge is 2.21. The van der Waals surface area contributed by atoms with Crippen molar-refractivity contribution in [3.05, 3.63) is 24.3 Å². The minimum Gasteiger partial charge on any atom is -0.480 e. The number of carboxylic acid groups (broad SMARTS) is 1. The summed E-state index contributed by atoms with van der Waals surface area (Å²) in [6, 6.07) is -1.23. The Morgan fingerprint density at radius 2 is 1.37 bits per heavy atom. The lowest BCUT2D eigenvalue weighted by Crippen LogP contribution is -2.43. The molecular weight excluding hydrogens is 380 g/mol. The molecule has 4 N–H and O–H groups in total. The summed E-state index contributed by atoms with van der Waals surface area (Å²) in [7, 11) is 0. The fourth-order valence-electron chi connectivity index (χ4n) is 3.12. The third-order valence-electron chi connectivity index (χ3n) is 4.89. The van der Waals surface area contributed by atoms with Crippen LogP contribution in [-0.4, -0.2) is 28.9 Å². The van der Waals surface area contributed by atoms with Crippen molar-refractivity contribution >= 4 is 17.8 Å². The van der Waals surface area contributed by atoms with Crippen molar-refractivity contribution in [2.45, 2.75) is 109 Å². The molecule has 2 amide bonds. The molecule has 0 aromatic carbocycles. The van der Waals surface area contributed by atoms with Gasteiger partial charge >= 0.3 is 5.97 Å². The molecular formula is C24H42N2O4. The number of primary amides is 1. The highest BCUT2D eigenvalue weighted by molar-refractivity contribution is 5.88. The number of allylic oxidation sites excluding steroid dienone is 4. The largest absolute Gasteiger partial charge is 0.480 e. The summed E-state index contributed by atoms with van der Waals surface area (Å²) >= 11 is 0. The lowest BCUT2D eigenvalue weighted by Gasteiger charge is -2.12. The maximum absolute atomic E-state index is 11.8. The van der Waals surface area contributed by atoms with E-state index in [9.17, 15) is 14.4 Å². The second kappa shape index (κ2) is 20.2. The van der Waals surface area contributed by atoms with E-state index in [0.29, 0.717) is 0 Å². The Labute approximate surface area is 182 Å². The van der Waals surface area contributed by atoms with Gasteiger partial charge in [-0.05, 0) is 38.5 Å². The van der Waals surface area contributed by atoms with E-state index in [1.54, 1.807) is 0 Å². The lowest BCUT2D eigenvalue weighted by atomic mass is 10.1. The Morgan fingerprint density at radius 3 is 1.90 bits per heavy atom. The summed E-state index contributed by atoms with van der Waals surface area (Å²) in [6.07, 6.45) is 23.8. The summed E-state index contributed by atoms with van der Waals surface area (Å²) in [4.78, 5) is 33.6. The summed E-state index contributed by atoms with van der Waals surface area (Å²) in [5.41, 5.74) is 4.99. The van der Waals surface area contributed by atoms with Gasteiger partial charge in [-0.25, -0.2) is 4.79 Å². The van der Waals surface area contributed by atoms with Crippen LogP contribution in [0.4, 0.5) is 0 Å². The average molecular weight is 423 g/mol. The van der Waals surface area contributed by atoms with Gasteiger partial charge in [0.1, 0.15) is 6.04 Å². The van der Waals surface area contributed by atoms with Gasteiger partial charge in [0.05, 0.1) is 6.42 Å². The van der Waals surface area contributed by atoms with E-state index in [-0.39, 0.29) is 18.7 Å². The predicted octanol–water partition coefficient (Wildman–Crippen LogP) is 5.02. The molecule has 0 aliphatic carbocycles. The molecule has 30 heavy (non-hydrogen) atoms. The van der Waals surface area contributed by atoms with Crippen molar-refractivity contribution in [3.63, 3.8) is 0 Å². The van der Waals surface area contributed by atoms with Crippen LogP contribution < -0.4 is 11.1 Å². The fourth-order valence-corrected chi connectivity index (χ4v) is 3.12. The fraction of sp³-hybridized carbons (Fsp3) is 0.708. The van der Waals surface area contributed by atoms with Gasteiger partial charge in [0.2, 0.25) is 11.8 Å². The Morgan fingerprint density at radius 1 is 0.833 bits per heavy atom. The predicted molar refractivity (Wildman–Crippen MR) is 122 cm³/mol. The minimum absolute atomic E-state index is 0.278. The Kier molecular flexibility index (Phi) is 18.8. The van der Waals surface area contributed by atoms with Crippen LogP contribution in [0.15, 0.2) is 24.3 Å². The maximum Gasteiger partial charge on any atom is 0.326 e. The number of aliphatic carboxylic acids is 1. The number of carbonyl (C=O) groups is 3. The normalized spacial score (nSPS) is 12.4. The first-order valence-corrected chi connectivity index (χ1v) is 11.6. The number of unbranched alkanes of at least 4 members (excludes halogenated alkanes) is 10. The zero-order chi connectivity index (χ0) is 22.5. The molecule has 0 fully saturated rings. The van der Waals surface area contributed by atoms with Crippen LogP contribution in [0.1, 0.15) is 103 Å². The first kappa shape index (κ1) is 27.9. The van der Waals surface area contributed by atoms with Gasteiger partial charge in [-0.3, -0.25) is 9.59 Å². The van der Waals surface area contributed by atoms with E-state index in [1.165, 1.54) is 44.9 Å². The van der Waals surface area contributed by atoms with E-state index < -0.39 is 17.9 Å². The Hall–Kier alpha value is -2.11. The van der Waals surface area contributed by atoms with Crippen LogP contribution in [0.25, 0.3) is 0 Å². The van der Waals surface area contributed by atoms with Crippen molar-refractivity contribution in [1.82, 2.24) is 5.32 Å². The number of carbonyl (C=O) groups excluding carboxylic acids is 2. The van der Waals surface area contributed by atoms with Crippen LogP contribution in [0.3, 0.4) is 0 Å². The molecule has 0 bridgehead atoms. The maximum atomic E-state index is 11.8. The molecule has 172 valence electrons. The van der Waals surface area contributed by atoms with Gasteiger partial charge < -0.3 is 16.2 Å². The van der Waals surface area contributed by atoms with Crippen LogP contribution in [-0.2, 0) is 14.4 Å². The first-order valence-electron chi connectivity index (χ1n) is 11.6. The van der Waals surface area contributed by atoms with Crippen LogP contribution >= 0.6 is 0 Å². The van der Waals surface area contributed by atoms with Gasteiger partial charge in [0, 0.05) is 6.42 Å². The van der Waals surface area contributed by atoms with E-state index in [0.717, 1.165) is 38.5 Å². The second-order valence-corrected chi connectivity index (χ2v) is 7.82. The Balaban J connectivity index is 3.51. The first-order chi connectivity index (χ1) is 14.5. The molecule has 0 heterocycles. The summed E-state index contributed by atoms with van der Waals surface area (Å²) < 4.78 is 0. The number of rotatable bonds is 20. The zero-order valence-corrected chi connectivity index (χ0v) is 18.7. The van der Waals surface area contributed by atoms with Gasteiger partial charge in [0.25, 0.3) is 0 Å². The van der Waals surface area contributed by atoms with Crippen molar-refractivity contribution in [2.24, 2.45) is 5.73 Å². The molecule has 6 nitrogen and oxygen atoms in total. The molecule has 0 aliphatic rings. The number of nitrogens with two attached hydrogens (primary N) is 1. The zero-order valence-electron chi connectivity index (χ0n) is 18.7. The molecule has 0 aliphatic heterocycles. The SMILES string of the molecule is CCCCC/C=C\C/C=C\CCCCCCCCCC(=O)N[C@@H](CC(N)=O)C(=O)O. The molecule has 0 rings (SSSR count). The molecule has 0 radical (unpaired) electrons. The molecule has 0 spiro atoms. The lowest BCUT2D eigenvalue weighted by molar-refractivity contribution is -0.143. The molecule has 1 atom stereocenters. The van der Waals surface area contributed by atoms with Crippen LogP contribution in [0.2, 0.25) is 0 Å². The van der Waals surface area contributed by atoms with Crippen LogP contribution in [0.5, 0.6) is 0 Å². The molecule has 0 unspecified atom stereocenters. The smallest absolute Gasteiger partial charge is 0.326 e. The highest BCUT2D eigenvalue weighted by atomic mass is 16.4. The van der Waals surface area contributed by atoms with E-state index in [4.69, 9.17) is 10.8 Å². The molecule has 6 heteroatoms. The highest BCUT2D eigenvalue weighted by Crippen LogP contribution is 2.10. The molecule has 0 aromatic rings. The number of carboxylic acids is 1. The van der Waals surface area contributed by atoms with Gasteiger partial charge in [-0.15, -0.1) is 0 Å². The third-order valence-corrected chi connectivity index (χ3v) is 4.89. The third kappa shape index (κ3) is 19.2. The summed E-state index contributed by atoms with van der Waals surface area (Å²) in [5.74, 6) is -2.32. The number of hydrogen-bond donors (Lipinski definition) is 3. The number of hydrogen-bond acceptors (Lipinski definition) is 3. The monoisotopic (exact) mass is 422 g/mol. The summed E-state index contributed by atoms with van der Waals surface area (Å²) in [6.45, 7) is 2.23.